The minimum absolute atomic E-state index is 0.119. The molecule has 4 heteroatoms. The lowest BCUT2D eigenvalue weighted by molar-refractivity contribution is 0.0650. The van der Waals surface area contributed by atoms with Gasteiger partial charge in [-0.25, -0.2) is 0 Å². The van der Waals surface area contributed by atoms with Gasteiger partial charge in [0.15, 0.2) is 0 Å². The number of hydrogen-bond acceptors (Lipinski definition) is 2. The topological polar surface area (TPSA) is 37.4 Å². The maximum atomic E-state index is 13.0. The van der Waals surface area contributed by atoms with Crippen LogP contribution in [0.1, 0.15) is 92.4 Å². The first-order valence-corrected chi connectivity index (χ1v) is 12.9. The molecule has 3 nitrogen and oxygen atoms in total. The van der Waals surface area contributed by atoms with Crippen LogP contribution < -0.4 is 0 Å². The molecule has 4 aromatic carbocycles. The van der Waals surface area contributed by atoms with Gasteiger partial charge in [-0.2, -0.15) is 0 Å². The number of amides is 2. The first kappa shape index (κ1) is 21.5. The summed E-state index contributed by atoms with van der Waals surface area (Å²) < 4.78 is 0. The van der Waals surface area contributed by atoms with Crippen LogP contribution in [0, 0.1) is 0 Å². The summed E-state index contributed by atoms with van der Waals surface area (Å²) in [5.74, 6) is -0.209. The summed E-state index contributed by atoms with van der Waals surface area (Å²) in [4.78, 5) is 27.6. The molecule has 170 valence electrons. The Kier molecular flexibility index (Phi) is 4.76. The Balaban J connectivity index is 1.75. The molecular formula is C30H26BrNO2. The van der Waals surface area contributed by atoms with E-state index in [1.165, 1.54) is 43.5 Å². The first-order chi connectivity index (χ1) is 16.3. The summed E-state index contributed by atoms with van der Waals surface area (Å²) >= 11 is 3.89. The lowest BCUT2D eigenvalue weighted by Gasteiger charge is -2.31. The maximum absolute atomic E-state index is 13.0. The number of imide groups is 1. The van der Waals surface area contributed by atoms with E-state index in [-0.39, 0.29) is 23.7 Å². The second kappa shape index (κ2) is 7.51. The average Bonchev–Trinajstić information content (AvgIpc) is 2.87. The smallest absolute Gasteiger partial charge is 0.261 e. The number of halogens is 1. The van der Waals surface area contributed by atoms with Crippen LogP contribution in [0.4, 0.5) is 0 Å². The fraction of sp³-hybridized carbons (Fsp3) is 0.267. The second-order valence-electron chi connectivity index (χ2n) is 9.66. The predicted octanol–water partition coefficient (Wildman–Crippen LogP) is 7.68. The molecule has 34 heavy (non-hydrogen) atoms. The van der Waals surface area contributed by atoms with Crippen LogP contribution in [-0.4, -0.2) is 23.8 Å². The van der Waals surface area contributed by atoms with Crippen molar-refractivity contribution in [3.05, 3.63) is 93.5 Å². The highest BCUT2D eigenvalue weighted by Gasteiger charge is 2.34. The molecule has 0 bridgehead atoms. The van der Waals surface area contributed by atoms with Gasteiger partial charge in [0.1, 0.15) is 0 Å². The van der Waals surface area contributed by atoms with Crippen LogP contribution in [0.2, 0.25) is 0 Å². The van der Waals surface area contributed by atoms with Gasteiger partial charge in [-0.05, 0) is 62.5 Å². The van der Waals surface area contributed by atoms with Crippen molar-refractivity contribution in [3.8, 4) is 0 Å². The van der Waals surface area contributed by atoms with Gasteiger partial charge in [-0.1, -0.05) is 79.2 Å². The first-order valence-electron chi connectivity index (χ1n) is 12.0. The molecule has 0 spiro atoms. The van der Waals surface area contributed by atoms with Gasteiger partial charge < -0.3 is 0 Å². The third-order valence-electron chi connectivity index (χ3n) is 8.00. The molecule has 0 saturated heterocycles. The highest BCUT2D eigenvalue weighted by Crippen LogP contribution is 2.48. The van der Waals surface area contributed by atoms with E-state index in [1.54, 1.807) is 7.05 Å². The van der Waals surface area contributed by atoms with Crippen molar-refractivity contribution in [2.45, 2.75) is 43.9 Å². The van der Waals surface area contributed by atoms with Crippen molar-refractivity contribution in [1.82, 2.24) is 4.90 Å². The van der Waals surface area contributed by atoms with Gasteiger partial charge in [-0.15, -0.1) is 0 Å². The van der Waals surface area contributed by atoms with E-state index < -0.39 is 0 Å². The van der Waals surface area contributed by atoms with E-state index in [9.17, 15) is 9.59 Å². The van der Waals surface area contributed by atoms with Gasteiger partial charge in [0.05, 0.1) is 0 Å². The Labute approximate surface area is 207 Å². The van der Waals surface area contributed by atoms with Crippen LogP contribution in [-0.2, 0) is 0 Å². The fourth-order valence-electron chi connectivity index (χ4n) is 6.12. The Hall–Kier alpha value is -2.98. The summed E-state index contributed by atoms with van der Waals surface area (Å²) in [5.41, 5.74) is 7.53. The number of benzene rings is 4. The molecule has 0 saturated carbocycles. The Morgan fingerprint density at radius 2 is 1.29 bits per heavy atom. The van der Waals surface area contributed by atoms with Gasteiger partial charge >= 0.3 is 0 Å². The molecule has 2 amide bonds. The summed E-state index contributed by atoms with van der Waals surface area (Å²) in [5, 5.41) is 4.53. The molecule has 1 heterocycles. The van der Waals surface area contributed by atoms with E-state index in [0.29, 0.717) is 16.0 Å². The average molecular weight is 512 g/mol. The predicted molar refractivity (Wildman–Crippen MR) is 141 cm³/mol. The number of rotatable bonds is 2. The van der Waals surface area contributed by atoms with E-state index in [2.05, 4.69) is 79.2 Å². The molecule has 1 aliphatic carbocycles. The summed E-state index contributed by atoms with van der Waals surface area (Å²) in [6.45, 7) is 6.70. The normalized spacial score (nSPS) is 20.0. The standard InChI is InChI=1S/C30H26BrNO2/c1-5-25(31)21-12-9-18-16(3)20-11-14-24-28-23(29(33)32(4)30(24)34)13-10-19(27(20)28)15(2)17-7-6-8-22(21)26(17)18/h6-16,25H,5H2,1-4H3. The Morgan fingerprint density at radius 1 is 0.765 bits per heavy atom. The van der Waals surface area contributed by atoms with Crippen molar-refractivity contribution >= 4 is 49.3 Å². The molecule has 4 aromatic rings. The molecule has 0 radical (unpaired) electrons. The van der Waals surface area contributed by atoms with Crippen molar-refractivity contribution in [3.63, 3.8) is 0 Å². The molecule has 2 aliphatic rings. The largest absolute Gasteiger partial charge is 0.277 e. The highest BCUT2D eigenvalue weighted by atomic mass is 79.9. The van der Waals surface area contributed by atoms with Gasteiger partial charge in [0, 0.05) is 40.2 Å². The molecule has 0 N–H and O–H groups in total. The molecule has 1 aliphatic heterocycles. The van der Waals surface area contributed by atoms with Gasteiger partial charge in [-0.3, -0.25) is 14.5 Å². The number of carbonyl (C=O) groups is 2. The third kappa shape index (κ3) is 2.69. The zero-order valence-corrected chi connectivity index (χ0v) is 21.4. The maximum Gasteiger partial charge on any atom is 0.261 e. The minimum Gasteiger partial charge on any atom is -0.277 e. The number of hydrogen-bond donors (Lipinski definition) is 0. The van der Waals surface area contributed by atoms with Gasteiger partial charge in [0.2, 0.25) is 0 Å². The summed E-state index contributed by atoms with van der Waals surface area (Å²) in [6.07, 6.45) is 1.02. The molecule has 3 unspecified atom stereocenters. The quantitative estimate of drug-likeness (QED) is 0.204. The zero-order valence-electron chi connectivity index (χ0n) is 19.8. The number of carbonyl (C=O) groups excluding carboxylic acids is 2. The Morgan fingerprint density at radius 3 is 1.88 bits per heavy atom. The van der Waals surface area contributed by atoms with E-state index >= 15 is 0 Å². The summed E-state index contributed by atoms with van der Waals surface area (Å²) in [6, 6.07) is 19.3. The molecule has 0 aromatic heterocycles. The number of nitrogens with zero attached hydrogens (tertiary/aromatic N) is 1. The van der Waals surface area contributed by atoms with Crippen molar-refractivity contribution in [2.75, 3.05) is 7.05 Å². The Bertz CT molecular complexity index is 1480. The van der Waals surface area contributed by atoms with Crippen LogP contribution >= 0.6 is 15.9 Å². The van der Waals surface area contributed by atoms with Crippen molar-refractivity contribution in [1.29, 1.82) is 0 Å². The zero-order chi connectivity index (χ0) is 23.9. The van der Waals surface area contributed by atoms with E-state index in [1.807, 2.05) is 12.1 Å². The van der Waals surface area contributed by atoms with E-state index in [0.717, 1.165) is 17.2 Å². The lowest BCUT2D eigenvalue weighted by Crippen LogP contribution is -2.37. The highest BCUT2D eigenvalue weighted by molar-refractivity contribution is 9.09. The molecule has 0 fully saturated rings. The fourth-order valence-corrected chi connectivity index (χ4v) is 6.52. The van der Waals surface area contributed by atoms with Crippen molar-refractivity contribution < 1.29 is 9.59 Å². The SMILES string of the molecule is CCC(Br)c1ccc2c3c(cccc13)C(C)c1ccc3c4c(ccc(c14)C2C)C(=O)N(C)C3=O. The van der Waals surface area contributed by atoms with Crippen molar-refractivity contribution in [2.24, 2.45) is 0 Å². The van der Waals surface area contributed by atoms with Crippen LogP contribution in [0.15, 0.2) is 54.6 Å². The monoisotopic (exact) mass is 511 g/mol. The van der Waals surface area contributed by atoms with E-state index in [4.69, 9.17) is 0 Å². The molecular weight excluding hydrogens is 486 g/mol. The van der Waals surface area contributed by atoms with Crippen LogP contribution in [0.3, 0.4) is 0 Å². The molecule has 3 atom stereocenters. The third-order valence-corrected chi connectivity index (χ3v) is 9.14. The van der Waals surface area contributed by atoms with Gasteiger partial charge in [0.25, 0.3) is 11.8 Å². The minimum atomic E-state index is -0.223. The molecule has 6 rings (SSSR count). The summed E-state index contributed by atoms with van der Waals surface area (Å²) in [7, 11) is 1.57. The van der Waals surface area contributed by atoms with Crippen LogP contribution in [0.5, 0.6) is 0 Å². The van der Waals surface area contributed by atoms with Crippen LogP contribution in [0.25, 0.3) is 21.5 Å². The second-order valence-corrected chi connectivity index (χ2v) is 10.8. The lowest BCUT2D eigenvalue weighted by atomic mass is 9.74. The number of alkyl halides is 1.